The minimum atomic E-state index is -0.413. The molecule has 0 amide bonds. The van der Waals surface area contributed by atoms with Crippen LogP contribution in [0.2, 0.25) is 0 Å². The average Bonchev–Trinajstić information content (AvgIpc) is 2.33. The molecule has 1 aromatic rings. The van der Waals surface area contributed by atoms with Gasteiger partial charge in [0.25, 0.3) is 5.69 Å². The second kappa shape index (κ2) is 4.77. The Balaban J connectivity index is 2.15. The number of hydrogen-bond acceptors (Lipinski definition) is 3. The van der Waals surface area contributed by atoms with E-state index in [1.807, 2.05) is 0 Å². The summed E-state index contributed by atoms with van der Waals surface area (Å²) in [4.78, 5) is 10.2. The summed E-state index contributed by atoms with van der Waals surface area (Å²) in [5.41, 5.74) is 0.592. The molecule has 1 aliphatic rings. The molecule has 0 unspecified atom stereocenters. The summed E-state index contributed by atoms with van der Waals surface area (Å²) < 4.78 is 0. The molecule has 1 fully saturated rings. The zero-order chi connectivity index (χ0) is 13.2. The van der Waals surface area contributed by atoms with Gasteiger partial charge in [-0.3, -0.25) is 10.1 Å². The lowest BCUT2D eigenvalue weighted by Gasteiger charge is -2.43. The maximum Gasteiger partial charge on any atom is 0.269 e. The normalized spacial score (nSPS) is 26.1. The van der Waals surface area contributed by atoms with E-state index < -0.39 is 10.3 Å². The second-order valence-corrected chi connectivity index (χ2v) is 5.06. The Morgan fingerprint density at radius 3 is 2.50 bits per heavy atom. The first-order valence-electron chi connectivity index (χ1n) is 6.27. The van der Waals surface area contributed by atoms with Gasteiger partial charge in [-0.1, -0.05) is 31.9 Å². The molecule has 4 nitrogen and oxygen atoms in total. The number of rotatable bonds is 4. The van der Waals surface area contributed by atoms with Crippen molar-refractivity contribution in [2.45, 2.75) is 38.0 Å². The van der Waals surface area contributed by atoms with Crippen molar-refractivity contribution >= 4 is 5.69 Å². The molecule has 0 aliphatic heterocycles. The van der Waals surface area contributed by atoms with Crippen LogP contribution in [0.3, 0.4) is 0 Å². The Labute approximate surface area is 106 Å². The largest absolute Gasteiger partial charge is 0.269 e. The van der Waals surface area contributed by atoms with E-state index in [2.05, 4.69) is 13.0 Å². The van der Waals surface area contributed by atoms with Gasteiger partial charge in [0.1, 0.15) is 0 Å². The minimum Gasteiger partial charge on any atom is -0.258 e. The molecule has 0 aromatic heterocycles. The standard InChI is InChI=1S/C14H16N2O2/c1-2-3-11-8-14(9-11,10-15)12-4-6-13(7-5-12)16(17)18/h4-7,11H,2-3,8-9H2,1H3. The fraction of sp³-hybridized carbons (Fsp3) is 0.500. The van der Waals surface area contributed by atoms with Gasteiger partial charge in [-0.2, -0.15) is 5.26 Å². The van der Waals surface area contributed by atoms with Crippen LogP contribution in [0.1, 0.15) is 38.2 Å². The van der Waals surface area contributed by atoms with E-state index in [0.29, 0.717) is 5.92 Å². The van der Waals surface area contributed by atoms with E-state index in [-0.39, 0.29) is 5.69 Å². The van der Waals surface area contributed by atoms with E-state index >= 15 is 0 Å². The number of nitro groups is 1. The molecule has 1 saturated carbocycles. The van der Waals surface area contributed by atoms with Crippen molar-refractivity contribution in [1.29, 1.82) is 5.26 Å². The molecule has 0 spiro atoms. The van der Waals surface area contributed by atoms with E-state index in [0.717, 1.165) is 31.2 Å². The maximum absolute atomic E-state index is 10.6. The lowest BCUT2D eigenvalue weighted by molar-refractivity contribution is -0.384. The van der Waals surface area contributed by atoms with Crippen LogP contribution < -0.4 is 0 Å². The van der Waals surface area contributed by atoms with E-state index in [9.17, 15) is 15.4 Å². The first-order chi connectivity index (χ1) is 8.61. The van der Waals surface area contributed by atoms with Gasteiger partial charge in [0, 0.05) is 12.1 Å². The summed E-state index contributed by atoms with van der Waals surface area (Å²) in [7, 11) is 0. The summed E-state index contributed by atoms with van der Waals surface area (Å²) in [6.45, 7) is 2.15. The molecule has 1 aromatic carbocycles. The number of nitro benzene ring substituents is 1. The zero-order valence-electron chi connectivity index (χ0n) is 10.4. The number of hydrogen-bond donors (Lipinski definition) is 0. The summed E-state index contributed by atoms with van der Waals surface area (Å²) in [5, 5.41) is 20.0. The van der Waals surface area contributed by atoms with Crippen LogP contribution in [-0.2, 0) is 5.41 Å². The van der Waals surface area contributed by atoms with Gasteiger partial charge in [0.05, 0.1) is 16.4 Å². The monoisotopic (exact) mass is 244 g/mol. The minimum absolute atomic E-state index is 0.0799. The fourth-order valence-corrected chi connectivity index (χ4v) is 2.83. The van der Waals surface area contributed by atoms with Gasteiger partial charge in [0.15, 0.2) is 0 Å². The first-order valence-corrected chi connectivity index (χ1v) is 6.27. The Bertz CT molecular complexity index is 482. The molecule has 0 saturated heterocycles. The number of nitriles is 1. The van der Waals surface area contributed by atoms with Crippen molar-refractivity contribution in [3.63, 3.8) is 0 Å². The van der Waals surface area contributed by atoms with Crippen LogP contribution >= 0.6 is 0 Å². The molecular weight excluding hydrogens is 228 g/mol. The third kappa shape index (κ3) is 2.08. The maximum atomic E-state index is 10.6. The number of non-ortho nitro benzene ring substituents is 1. The molecule has 0 bridgehead atoms. The lowest BCUT2D eigenvalue weighted by atomic mass is 9.58. The van der Waals surface area contributed by atoms with Gasteiger partial charge in [-0.05, 0) is 24.3 Å². The molecule has 0 radical (unpaired) electrons. The average molecular weight is 244 g/mol. The summed E-state index contributed by atoms with van der Waals surface area (Å²) >= 11 is 0. The summed E-state index contributed by atoms with van der Waals surface area (Å²) in [5.74, 6) is 0.629. The van der Waals surface area contributed by atoms with E-state index in [1.165, 1.54) is 12.1 Å². The topological polar surface area (TPSA) is 66.9 Å². The number of nitrogens with zero attached hydrogens (tertiary/aromatic N) is 2. The second-order valence-electron chi connectivity index (χ2n) is 5.06. The van der Waals surface area contributed by atoms with Crippen molar-refractivity contribution in [3.05, 3.63) is 39.9 Å². The highest BCUT2D eigenvalue weighted by atomic mass is 16.6. The highest BCUT2D eigenvalue weighted by molar-refractivity contribution is 5.41. The smallest absolute Gasteiger partial charge is 0.258 e. The Morgan fingerprint density at radius 2 is 2.06 bits per heavy atom. The van der Waals surface area contributed by atoms with Crippen LogP contribution in [-0.4, -0.2) is 4.92 Å². The molecule has 1 aliphatic carbocycles. The quantitative estimate of drug-likeness (QED) is 0.600. The molecule has 2 rings (SSSR count). The Hall–Kier alpha value is -1.89. The van der Waals surface area contributed by atoms with Crippen molar-refractivity contribution in [3.8, 4) is 6.07 Å². The van der Waals surface area contributed by atoms with Crippen LogP contribution in [0.25, 0.3) is 0 Å². The zero-order valence-corrected chi connectivity index (χ0v) is 10.4. The summed E-state index contributed by atoms with van der Waals surface area (Å²) in [6, 6.07) is 8.83. The van der Waals surface area contributed by atoms with E-state index in [4.69, 9.17) is 0 Å². The van der Waals surface area contributed by atoms with Crippen LogP contribution in [0.15, 0.2) is 24.3 Å². The highest BCUT2D eigenvalue weighted by Crippen LogP contribution is 2.49. The molecule has 0 atom stereocenters. The molecule has 18 heavy (non-hydrogen) atoms. The SMILES string of the molecule is CCCC1CC(C#N)(c2ccc([N+](=O)[O-])cc2)C1. The van der Waals surface area contributed by atoms with Crippen molar-refractivity contribution < 1.29 is 4.92 Å². The van der Waals surface area contributed by atoms with Gasteiger partial charge >= 0.3 is 0 Å². The molecule has 0 heterocycles. The van der Waals surface area contributed by atoms with Gasteiger partial charge in [-0.15, -0.1) is 0 Å². The predicted molar refractivity (Wildman–Crippen MR) is 68.0 cm³/mol. The third-order valence-electron chi connectivity index (χ3n) is 3.82. The molecule has 94 valence electrons. The number of benzene rings is 1. The Morgan fingerprint density at radius 1 is 1.44 bits per heavy atom. The van der Waals surface area contributed by atoms with Crippen LogP contribution in [0.5, 0.6) is 0 Å². The predicted octanol–water partition coefficient (Wildman–Crippen LogP) is 3.57. The third-order valence-corrected chi connectivity index (χ3v) is 3.82. The lowest BCUT2D eigenvalue weighted by Crippen LogP contribution is -2.39. The van der Waals surface area contributed by atoms with Crippen molar-refractivity contribution in [2.24, 2.45) is 5.92 Å². The summed E-state index contributed by atoms with van der Waals surface area (Å²) in [6.07, 6.45) is 4.08. The van der Waals surface area contributed by atoms with Gasteiger partial charge < -0.3 is 0 Å². The van der Waals surface area contributed by atoms with Crippen LogP contribution in [0.4, 0.5) is 5.69 Å². The van der Waals surface area contributed by atoms with Crippen molar-refractivity contribution in [2.75, 3.05) is 0 Å². The molecular formula is C14H16N2O2. The fourth-order valence-electron chi connectivity index (χ4n) is 2.83. The van der Waals surface area contributed by atoms with Crippen molar-refractivity contribution in [1.82, 2.24) is 0 Å². The molecule has 0 N–H and O–H groups in total. The van der Waals surface area contributed by atoms with Gasteiger partial charge in [0.2, 0.25) is 0 Å². The van der Waals surface area contributed by atoms with E-state index in [1.54, 1.807) is 12.1 Å². The first kappa shape index (κ1) is 12.6. The molecule has 4 heteroatoms. The Kier molecular flexibility index (Phi) is 3.33. The van der Waals surface area contributed by atoms with Gasteiger partial charge in [-0.25, -0.2) is 0 Å². The van der Waals surface area contributed by atoms with Crippen LogP contribution in [0, 0.1) is 27.4 Å². The highest BCUT2D eigenvalue weighted by Gasteiger charge is 2.45.